The van der Waals surface area contributed by atoms with Gasteiger partial charge in [0.15, 0.2) is 0 Å². The van der Waals surface area contributed by atoms with Crippen LogP contribution in [0.2, 0.25) is 0 Å². The first-order valence-electron chi connectivity index (χ1n) is 6.80. The zero-order chi connectivity index (χ0) is 15.3. The molecule has 0 fully saturated rings. The highest BCUT2D eigenvalue weighted by molar-refractivity contribution is 5.36. The zero-order valence-electron chi connectivity index (χ0n) is 11.7. The molecule has 0 aliphatic heterocycles. The van der Waals surface area contributed by atoms with Gasteiger partial charge in [-0.3, -0.25) is 0 Å². The molecule has 0 saturated heterocycles. The normalized spacial score (nSPS) is 13.0. The second-order valence-corrected chi connectivity index (χ2v) is 4.93. The number of nitrogens with zero attached hydrogens (tertiary/aromatic N) is 1. The van der Waals surface area contributed by atoms with Gasteiger partial charge in [0.25, 0.3) is 0 Å². The summed E-state index contributed by atoms with van der Waals surface area (Å²) in [5, 5.41) is 2.95. The van der Waals surface area contributed by atoms with Crippen molar-refractivity contribution in [3.63, 3.8) is 0 Å². The standard InChI is InChI=1S/C16H17F3N2/c1-12(13-6-3-2-4-7-13)10-11-20-15-9-5-8-14(21-15)16(17,18)19/h2-9,12H,10-11H2,1H3,(H,20,21). The largest absolute Gasteiger partial charge is 0.433 e. The maximum Gasteiger partial charge on any atom is 0.433 e. The van der Waals surface area contributed by atoms with Gasteiger partial charge in [-0.1, -0.05) is 43.3 Å². The molecule has 2 aromatic rings. The van der Waals surface area contributed by atoms with Gasteiger partial charge in [-0.05, 0) is 30.0 Å². The summed E-state index contributed by atoms with van der Waals surface area (Å²) >= 11 is 0. The van der Waals surface area contributed by atoms with Crippen LogP contribution in [0.1, 0.15) is 30.5 Å². The van der Waals surface area contributed by atoms with Crippen LogP contribution >= 0.6 is 0 Å². The number of hydrogen-bond donors (Lipinski definition) is 1. The quantitative estimate of drug-likeness (QED) is 0.864. The van der Waals surface area contributed by atoms with Gasteiger partial charge in [0.1, 0.15) is 11.5 Å². The Bertz CT molecular complexity index is 567. The highest BCUT2D eigenvalue weighted by Crippen LogP contribution is 2.28. The van der Waals surface area contributed by atoms with Gasteiger partial charge in [0.2, 0.25) is 0 Å². The average molecular weight is 294 g/mol. The molecule has 112 valence electrons. The summed E-state index contributed by atoms with van der Waals surface area (Å²) in [5.41, 5.74) is 0.347. The predicted molar refractivity (Wildman–Crippen MR) is 77.2 cm³/mol. The summed E-state index contributed by atoms with van der Waals surface area (Å²) in [6, 6.07) is 13.9. The first-order chi connectivity index (χ1) is 9.97. The van der Waals surface area contributed by atoms with Crippen LogP contribution in [0.15, 0.2) is 48.5 Å². The van der Waals surface area contributed by atoms with Crippen molar-refractivity contribution in [3.05, 3.63) is 59.8 Å². The fourth-order valence-corrected chi connectivity index (χ4v) is 2.06. The summed E-state index contributed by atoms with van der Waals surface area (Å²) < 4.78 is 37.6. The highest BCUT2D eigenvalue weighted by atomic mass is 19.4. The van der Waals surface area contributed by atoms with Gasteiger partial charge in [0.05, 0.1) is 0 Å². The van der Waals surface area contributed by atoms with E-state index in [9.17, 15) is 13.2 Å². The van der Waals surface area contributed by atoms with E-state index in [1.54, 1.807) is 6.07 Å². The fraction of sp³-hybridized carbons (Fsp3) is 0.312. The van der Waals surface area contributed by atoms with Crippen LogP contribution in [0.3, 0.4) is 0 Å². The molecule has 1 heterocycles. The molecular weight excluding hydrogens is 277 g/mol. The van der Waals surface area contributed by atoms with Gasteiger partial charge in [0, 0.05) is 6.54 Å². The number of alkyl halides is 3. The lowest BCUT2D eigenvalue weighted by atomic mass is 9.98. The third-order valence-corrected chi connectivity index (χ3v) is 3.29. The monoisotopic (exact) mass is 294 g/mol. The number of aromatic nitrogens is 1. The molecule has 0 spiro atoms. The summed E-state index contributed by atoms with van der Waals surface area (Å²) in [6.45, 7) is 2.67. The van der Waals surface area contributed by atoms with Gasteiger partial charge in [-0.15, -0.1) is 0 Å². The molecule has 0 saturated carbocycles. The average Bonchev–Trinajstić information content (AvgIpc) is 2.47. The van der Waals surface area contributed by atoms with E-state index in [0.29, 0.717) is 12.5 Å². The van der Waals surface area contributed by atoms with Crippen LogP contribution in [0.4, 0.5) is 19.0 Å². The van der Waals surface area contributed by atoms with Crippen LogP contribution in [0, 0.1) is 0 Å². The molecule has 2 nitrogen and oxygen atoms in total. The Balaban J connectivity index is 1.89. The van der Waals surface area contributed by atoms with E-state index in [0.717, 1.165) is 12.5 Å². The van der Waals surface area contributed by atoms with Gasteiger partial charge in [-0.2, -0.15) is 13.2 Å². The lowest BCUT2D eigenvalue weighted by molar-refractivity contribution is -0.141. The smallest absolute Gasteiger partial charge is 0.370 e. The highest BCUT2D eigenvalue weighted by Gasteiger charge is 2.32. The molecule has 0 radical (unpaired) electrons. The number of rotatable bonds is 5. The van der Waals surface area contributed by atoms with E-state index in [1.807, 2.05) is 30.3 Å². The SMILES string of the molecule is CC(CCNc1cccc(C(F)(F)F)n1)c1ccccc1. The number of anilines is 1. The Morgan fingerprint density at radius 3 is 2.43 bits per heavy atom. The van der Waals surface area contributed by atoms with E-state index in [2.05, 4.69) is 17.2 Å². The molecule has 1 aromatic carbocycles. The molecular formula is C16H17F3N2. The number of halogens is 3. The van der Waals surface area contributed by atoms with Crippen LogP contribution in [-0.2, 0) is 6.18 Å². The Morgan fingerprint density at radius 2 is 1.76 bits per heavy atom. The van der Waals surface area contributed by atoms with Crippen molar-refractivity contribution in [2.75, 3.05) is 11.9 Å². The molecule has 1 aromatic heterocycles. The molecule has 0 aliphatic carbocycles. The number of pyridine rings is 1. The van der Waals surface area contributed by atoms with Crippen molar-refractivity contribution in [1.82, 2.24) is 4.98 Å². The molecule has 2 rings (SSSR count). The topological polar surface area (TPSA) is 24.9 Å². The second-order valence-electron chi connectivity index (χ2n) is 4.93. The van der Waals surface area contributed by atoms with Crippen LogP contribution in [-0.4, -0.2) is 11.5 Å². The zero-order valence-corrected chi connectivity index (χ0v) is 11.7. The predicted octanol–water partition coefficient (Wildman–Crippen LogP) is 4.71. The Kier molecular flexibility index (Phi) is 4.83. The maximum atomic E-state index is 12.5. The first-order valence-corrected chi connectivity index (χ1v) is 6.80. The minimum absolute atomic E-state index is 0.255. The fourth-order valence-electron chi connectivity index (χ4n) is 2.06. The second kappa shape index (κ2) is 6.61. The molecule has 0 bridgehead atoms. The van der Waals surface area contributed by atoms with E-state index in [-0.39, 0.29) is 5.82 Å². The molecule has 1 unspecified atom stereocenters. The molecule has 1 N–H and O–H groups in total. The van der Waals surface area contributed by atoms with E-state index in [4.69, 9.17) is 0 Å². The number of benzene rings is 1. The van der Waals surface area contributed by atoms with Crippen molar-refractivity contribution in [2.24, 2.45) is 0 Å². The third-order valence-electron chi connectivity index (χ3n) is 3.29. The summed E-state index contributed by atoms with van der Waals surface area (Å²) in [5.74, 6) is 0.592. The molecule has 0 aliphatic rings. The Morgan fingerprint density at radius 1 is 1.05 bits per heavy atom. The molecule has 0 amide bonds. The van der Waals surface area contributed by atoms with Gasteiger partial charge in [-0.25, -0.2) is 4.98 Å². The van der Waals surface area contributed by atoms with E-state index < -0.39 is 11.9 Å². The summed E-state index contributed by atoms with van der Waals surface area (Å²) in [4.78, 5) is 3.58. The first kappa shape index (κ1) is 15.4. The molecule has 5 heteroatoms. The van der Waals surface area contributed by atoms with Crippen molar-refractivity contribution in [3.8, 4) is 0 Å². The summed E-state index contributed by atoms with van der Waals surface area (Å²) in [6.07, 6.45) is -3.59. The van der Waals surface area contributed by atoms with Gasteiger partial charge < -0.3 is 5.32 Å². The van der Waals surface area contributed by atoms with Crippen molar-refractivity contribution < 1.29 is 13.2 Å². The van der Waals surface area contributed by atoms with Crippen molar-refractivity contribution in [1.29, 1.82) is 0 Å². The minimum atomic E-state index is -4.41. The van der Waals surface area contributed by atoms with Crippen LogP contribution < -0.4 is 5.32 Å². The summed E-state index contributed by atoms with van der Waals surface area (Å²) in [7, 11) is 0. The van der Waals surface area contributed by atoms with Crippen LogP contribution in [0.25, 0.3) is 0 Å². The van der Waals surface area contributed by atoms with E-state index >= 15 is 0 Å². The van der Waals surface area contributed by atoms with Crippen molar-refractivity contribution >= 4 is 5.82 Å². The Hall–Kier alpha value is -2.04. The van der Waals surface area contributed by atoms with E-state index in [1.165, 1.54) is 11.6 Å². The molecule has 21 heavy (non-hydrogen) atoms. The number of hydrogen-bond acceptors (Lipinski definition) is 2. The molecule has 1 atom stereocenters. The van der Waals surface area contributed by atoms with Crippen molar-refractivity contribution in [2.45, 2.75) is 25.4 Å². The maximum absolute atomic E-state index is 12.5. The lowest BCUT2D eigenvalue weighted by Crippen LogP contribution is -2.11. The van der Waals surface area contributed by atoms with Crippen LogP contribution in [0.5, 0.6) is 0 Å². The number of nitrogens with one attached hydrogen (secondary N) is 1. The minimum Gasteiger partial charge on any atom is -0.370 e. The third kappa shape index (κ3) is 4.48. The Labute approximate surface area is 122 Å². The van der Waals surface area contributed by atoms with Gasteiger partial charge >= 0.3 is 6.18 Å². The lowest BCUT2D eigenvalue weighted by Gasteiger charge is -2.13.